The van der Waals surface area contributed by atoms with Crippen LogP contribution in [0, 0.1) is 0 Å². The molecule has 0 aliphatic carbocycles. The van der Waals surface area contributed by atoms with Crippen LogP contribution in [0.25, 0.3) is 32.9 Å². The SMILES string of the molecule is CONc1ccccc1-c1ccc2nc3ccccc3cc2c1C(=O)[C@H](C)N. The van der Waals surface area contributed by atoms with Crippen LogP contribution in [0.3, 0.4) is 0 Å². The van der Waals surface area contributed by atoms with E-state index in [1.165, 1.54) is 0 Å². The van der Waals surface area contributed by atoms with Crippen molar-refractivity contribution in [1.29, 1.82) is 0 Å². The largest absolute Gasteiger partial charge is 0.321 e. The van der Waals surface area contributed by atoms with Gasteiger partial charge in [-0.3, -0.25) is 15.1 Å². The Morgan fingerprint density at radius 2 is 1.75 bits per heavy atom. The molecule has 0 spiro atoms. The number of carbonyl (C=O) groups is 1. The molecule has 5 nitrogen and oxygen atoms in total. The Hall–Kier alpha value is -3.28. The number of benzene rings is 3. The number of carbonyl (C=O) groups excluding carboxylic acids is 1. The summed E-state index contributed by atoms with van der Waals surface area (Å²) in [6.45, 7) is 1.71. The van der Waals surface area contributed by atoms with E-state index in [1.54, 1.807) is 14.0 Å². The van der Waals surface area contributed by atoms with Crippen LogP contribution in [0.1, 0.15) is 17.3 Å². The smallest absolute Gasteiger partial charge is 0.180 e. The molecule has 0 aliphatic heterocycles. The first-order valence-corrected chi connectivity index (χ1v) is 9.11. The van der Waals surface area contributed by atoms with E-state index in [9.17, 15) is 4.79 Å². The van der Waals surface area contributed by atoms with Crippen LogP contribution in [0.4, 0.5) is 5.69 Å². The molecule has 0 fully saturated rings. The second kappa shape index (κ2) is 7.38. The number of Topliss-reactive ketones (excluding diaryl/α,β-unsaturated/α-hetero) is 1. The maximum Gasteiger partial charge on any atom is 0.180 e. The van der Waals surface area contributed by atoms with Crippen LogP contribution in [0.5, 0.6) is 0 Å². The van der Waals surface area contributed by atoms with Crippen LogP contribution in [0.2, 0.25) is 0 Å². The van der Waals surface area contributed by atoms with E-state index < -0.39 is 6.04 Å². The molecule has 0 saturated heterocycles. The van der Waals surface area contributed by atoms with Crippen molar-refractivity contribution in [2.24, 2.45) is 5.73 Å². The molecule has 0 saturated carbocycles. The van der Waals surface area contributed by atoms with Gasteiger partial charge >= 0.3 is 0 Å². The Balaban J connectivity index is 2.08. The molecule has 0 bridgehead atoms. The van der Waals surface area contributed by atoms with Gasteiger partial charge in [-0.1, -0.05) is 42.5 Å². The predicted molar refractivity (Wildman–Crippen MR) is 113 cm³/mol. The van der Waals surface area contributed by atoms with Crippen molar-refractivity contribution in [2.75, 3.05) is 12.6 Å². The lowest BCUT2D eigenvalue weighted by Gasteiger charge is -2.17. The number of hydrogen-bond acceptors (Lipinski definition) is 5. The number of fused-ring (bicyclic) bond motifs is 2. The maximum absolute atomic E-state index is 13.2. The Kier molecular flexibility index (Phi) is 4.77. The number of nitrogens with zero attached hydrogens (tertiary/aromatic N) is 1. The number of pyridine rings is 1. The van der Waals surface area contributed by atoms with Crippen molar-refractivity contribution in [1.82, 2.24) is 4.98 Å². The summed E-state index contributed by atoms with van der Waals surface area (Å²) in [5, 5.41) is 1.78. The predicted octanol–water partition coefficient (Wildman–Crippen LogP) is 4.56. The molecule has 3 N–H and O–H groups in total. The summed E-state index contributed by atoms with van der Waals surface area (Å²) in [6, 6.07) is 20.8. The molecule has 1 heterocycles. The van der Waals surface area contributed by atoms with E-state index in [0.29, 0.717) is 5.56 Å². The van der Waals surface area contributed by atoms with Gasteiger partial charge in [-0.05, 0) is 36.8 Å². The van der Waals surface area contributed by atoms with E-state index in [1.807, 2.05) is 66.7 Å². The number of nitrogens with two attached hydrogens (primary N) is 1. The average Bonchev–Trinajstić information content (AvgIpc) is 2.71. The second-order valence-corrected chi connectivity index (χ2v) is 6.74. The van der Waals surface area contributed by atoms with Gasteiger partial charge in [0.1, 0.15) is 0 Å². The van der Waals surface area contributed by atoms with Crippen molar-refractivity contribution in [3.8, 4) is 11.1 Å². The molecule has 4 rings (SSSR count). The molecule has 1 atom stereocenters. The topological polar surface area (TPSA) is 77.2 Å². The Bertz CT molecular complexity index is 1190. The molecule has 5 heteroatoms. The van der Waals surface area contributed by atoms with Crippen LogP contribution in [-0.4, -0.2) is 23.9 Å². The zero-order valence-electron chi connectivity index (χ0n) is 15.8. The summed E-state index contributed by atoms with van der Waals surface area (Å²) in [5.41, 5.74) is 13.6. The summed E-state index contributed by atoms with van der Waals surface area (Å²) in [4.78, 5) is 23.0. The molecule has 28 heavy (non-hydrogen) atoms. The highest BCUT2D eigenvalue weighted by Crippen LogP contribution is 2.36. The van der Waals surface area contributed by atoms with Gasteiger partial charge in [0.05, 0.1) is 29.9 Å². The van der Waals surface area contributed by atoms with Gasteiger partial charge in [-0.25, -0.2) is 4.98 Å². The van der Waals surface area contributed by atoms with Crippen LogP contribution >= 0.6 is 0 Å². The molecular formula is C23H21N3O2. The molecular weight excluding hydrogens is 350 g/mol. The minimum atomic E-state index is -0.627. The van der Waals surface area contributed by atoms with E-state index in [4.69, 9.17) is 15.6 Å². The Morgan fingerprint density at radius 1 is 1.00 bits per heavy atom. The number of hydrogen-bond donors (Lipinski definition) is 2. The minimum absolute atomic E-state index is 0.120. The van der Waals surface area contributed by atoms with E-state index in [0.717, 1.165) is 38.6 Å². The van der Waals surface area contributed by atoms with Gasteiger partial charge in [0.15, 0.2) is 5.78 Å². The summed E-state index contributed by atoms with van der Waals surface area (Å²) >= 11 is 0. The van der Waals surface area contributed by atoms with Gasteiger partial charge < -0.3 is 5.73 Å². The molecule has 0 unspecified atom stereocenters. The number of rotatable bonds is 5. The monoisotopic (exact) mass is 371 g/mol. The fourth-order valence-electron chi connectivity index (χ4n) is 3.48. The van der Waals surface area contributed by atoms with Crippen molar-refractivity contribution in [3.63, 3.8) is 0 Å². The minimum Gasteiger partial charge on any atom is -0.321 e. The highest BCUT2D eigenvalue weighted by atomic mass is 16.6. The number of ketones is 1. The van der Waals surface area contributed by atoms with Crippen LogP contribution in [-0.2, 0) is 4.84 Å². The highest BCUT2D eigenvalue weighted by molar-refractivity contribution is 6.16. The summed E-state index contributed by atoms with van der Waals surface area (Å²) in [5.74, 6) is -0.120. The summed E-state index contributed by atoms with van der Waals surface area (Å²) in [7, 11) is 1.56. The van der Waals surface area contributed by atoms with E-state index in [2.05, 4.69) is 5.48 Å². The number of nitrogens with one attached hydrogen (secondary N) is 1. The number of anilines is 1. The zero-order chi connectivity index (χ0) is 19.7. The average molecular weight is 371 g/mol. The van der Waals surface area contributed by atoms with Crippen molar-refractivity contribution < 1.29 is 9.63 Å². The van der Waals surface area contributed by atoms with Gasteiger partial charge in [-0.15, -0.1) is 0 Å². The molecule has 3 aromatic carbocycles. The van der Waals surface area contributed by atoms with Crippen molar-refractivity contribution in [3.05, 3.63) is 72.3 Å². The van der Waals surface area contributed by atoms with Crippen molar-refractivity contribution >= 4 is 33.3 Å². The molecule has 0 radical (unpaired) electrons. The standard InChI is InChI=1S/C23H21N3O2/c1-14(24)23(27)22-17(16-8-4-6-10-21(16)26-28-2)11-12-20-18(22)13-15-7-3-5-9-19(15)25-20/h3-14,26H,24H2,1-2H3/t14-/m0/s1. The van der Waals surface area contributed by atoms with Crippen LogP contribution < -0.4 is 11.2 Å². The van der Waals surface area contributed by atoms with Gasteiger partial charge in [0.2, 0.25) is 0 Å². The molecule has 0 aliphatic rings. The highest BCUT2D eigenvalue weighted by Gasteiger charge is 2.21. The first-order valence-electron chi connectivity index (χ1n) is 9.11. The van der Waals surface area contributed by atoms with E-state index in [-0.39, 0.29) is 5.78 Å². The lowest BCUT2D eigenvalue weighted by Crippen LogP contribution is -2.27. The summed E-state index contributed by atoms with van der Waals surface area (Å²) < 4.78 is 0. The van der Waals surface area contributed by atoms with E-state index >= 15 is 0 Å². The quantitative estimate of drug-likeness (QED) is 0.305. The number of para-hydroxylation sites is 2. The Morgan fingerprint density at radius 3 is 2.54 bits per heavy atom. The fraction of sp³-hybridized carbons (Fsp3) is 0.130. The third-order valence-corrected chi connectivity index (χ3v) is 4.79. The zero-order valence-corrected chi connectivity index (χ0v) is 15.8. The first kappa shape index (κ1) is 18.1. The van der Waals surface area contributed by atoms with Crippen LogP contribution in [0.15, 0.2) is 66.7 Å². The lowest BCUT2D eigenvalue weighted by molar-refractivity contribution is 0.0970. The van der Waals surface area contributed by atoms with Gasteiger partial charge in [-0.2, -0.15) is 0 Å². The number of aromatic nitrogens is 1. The molecule has 140 valence electrons. The van der Waals surface area contributed by atoms with Gasteiger partial charge in [0, 0.05) is 21.9 Å². The first-order chi connectivity index (χ1) is 13.6. The Labute approximate surface area is 163 Å². The summed E-state index contributed by atoms with van der Waals surface area (Å²) in [6.07, 6.45) is 0. The molecule has 1 aromatic heterocycles. The van der Waals surface area contributed by atoms with Crippen molar-refractivity contribution in [2.45, 2.75) is 13.0 Å². The second-order valence-electron chi connectivity index (χ2n) is 6.74. The normalized spacial score (nSPS) is 12.2. The van der Waals surface area contributed by atoms with Gasteiger partial charge in [0.25, 0.3) is 0 Å². The maximum atomic E-state index is 13.2. The third kappa shape index (κ3) is 3.11. The third-order valence-electron chi connectivity index (χ3n) is 4.79. The molecule has 4 aromatic rings. The fourth-order valence-corrected chi connectivity index (χ4v) is 3.48. The molecule has 0 amide bonds. The lowest BCUT2D eigenvalue weighted by atomic mass is 9.90.